The van der Waals surface area contributed by atoms with Gasteiger partial charge >= 0.3 is 5.97 Å². The van der Waals surface area contributed by atoms with Gasteiger partial charge in [-0.2, -0.15) is 24.4 Å². The molecule has 4 unspecified atom stereocenters. The lowest BCUT2D eigenvalue weighted by atomic mass is 10.0. The Morgan fingerprint density at radius 2 is 1.83 bits per heavy atom. The van der Waals surface area contributed by atoms with E-state index >= 15 is 0 Å². The molecule has 172 valence electrons. The second-order valence-electron chi connectivity index (χ2n) is 8.08. The Bertz CT molecular complexity index is 578. The van der Waals surface area contributed by atoms with Crippen LogP contribution in [0.1, 0.15) is 25.8 Å². The van der Waals surface area contributed by atoms with Crippen LogP contribution in [-0.2, 0) is 11.2 Å². The molecule has 0 bridgehead atoms. The number of nitrogens with one attached hydrogen (secondary N) is 3. The zero-order valence-corrected chi connectivity index (χ0v) is 20.2. The van der Waals surface area contributed by atoms with Crippen molar-refractivity contribution in [1.82, 2.24) is 16.0 Å². The molecule has 0 saturated carbocycles. The van der Waals surface area contributed by atoms with Crippen molar-refractivity contribution in [2.45, 2.75) is 50.9 Å². The fraction of sp³-hybridized carbons (Fsp3) is 0.682. The molecule has 6 nitrogen and oxygen atoms in total. The third-order valence-electron chi connectivity index (χ3n) is 5.15. The number of benzene rings is 1. The van der Waals surface area contributed by atoms with Crippen LogP contribution in [-0.4, -0.2) is 72.6 Å². The molecule has 0 saturated heterocycles. The molecule has 8 heteroatoms. The van der Waals surface area contributed by atoms with Crippen molar-refractivity contribution in [3.05, 3.63) is 35.9 Å². The maximum Gasteiger partial charge on any atom is 0.320 e. The van der Waals surface area contributed by atoms with Gasteiger partial charge in [0.2, 0.25) is 0 Å². The van der Waals surface area contributed by atoms with Gasteiger partial charge in [0, 0.05) is 43.5 Å². The van der Waals surface area contributed by atoms with E-state index in [4.69, 9.17) is 5.73 Å². The minimum absolute atomic E-state index is 0.0316. The Balaban J connectivity index is 2.72. The number of carbonyl (C=O) groups is 1. The number of carboxylic acid groups (broad SMARTS) is 1. The van der Waals surface area contributed by atoms with E-state index in [9.17, 15) is 9.90 Å². The first-order valence-electron chi connectivity index (χ1n) is 10.7. The van der Waals surface area contributed by atoms with Crippen LogP contribution in [0.3, 0.4) is 0 Å². The average Bonchev–Trinajstić information content (AvgIpc) is 2.73. The Hall–Kier alpha value is -0.770. The van der Waals surface area contributed by atoms with E-state index in [0.29, 0.717) is 24.6 Å². The van der Waals surface area contributed by atoms with Gasteiger partial charge in [0.25, 0.3) is 0 Å². The summed E-state index contributed by atoms with van der Waals surface area (Å²) in [6.45, 7) is 6.50. The molecule has 30 heavy (non-hydrogen) atoms. The van der Waals surface area contributed by atoms with Crippen molar-refractivity contribution in [3.8, 4) is 0 Å². The van der Waals surface area contributed by atoms with Gasteiger partial charge in [0.15, 0.2) is 0 Å². The van der Waals surface area contributed by atoms with Gasteiger partial charge in [0.05, 0.1) is 0 Å². The first-order valence-corrected chi connectivity index (χ1v) is 12.7. The molecule has 1 aromatic carbocycles. The zero-order valence-electron chi connectivity index (χ0n) is 18.5. The molecule has 0 radical (unpaired) electrons. The number of hydrogen-bond acceptors (Lipinski definition) is 7. The Labute approximate surface area is 191 Å². The number of aliphatic carboxylic acids is 1. The molecular weight excluding hydrogens is 416 g/mol. The van der Waals surface area contributed by atoms with Gasteiger partial charge in [-0.05, 0) is 36.3 Å². The fourth-order valence-corrected chi connectivity index (χ4v) is 3.75. The predicted molar refractivity (Wildman–Crippen MR) is 133 cm³/mol. The maximum absolute atomic E-state index is 11.6. The lowest BCUT2D eigenvalue weighted by molar-refractivity contribution is -0.139. The lowest BCUT2D eigenvalue weighted by Crippen LogP contribution is -2.52. The minimum Gasteiger partial charge on any atom is -0.480 e. The van der Waals surface area contributed by atoms with Gasteiger partial charge in [-0.1, -0.05) is 44.2 Å². The van der Waals surface area contributed by atoms with Crippen LogP contribution >= 0.6 is 24.4 Å². The van der Waals surface area contributed by atoms with Crippen LogP contribution < -0.4 is 21.7 Å². The van der Waals surface area contributed by atoms with Crippen LogP contribution in [0.25, 0.3) is 0 Å². The summed E-state index contributed by atoms with van der Waals surface area (Å²) in [5, 5.41) is 20.0. The summed E-state index contributed by atoms with van der Waals surface area (Å²) < 4.78 is 0. The van der Waals surface area contributed by atoms with Crippen LogP contribution in [0.15, 0.2) is 30.3 Å². The molecule has 0 heterocycles. The fourth-order valence-electron chi connectivity index (χ4n) is 3.15. The molecule has 0 spiro atoms. The average molecular weight is 457 g/mol. The second-order valence-corrected chi connectivity index (χ2v) is 9.43. The molecule has 1 rings (SSSR count). The molecule has 0 fully saturated rings. The third kappa shape index (κ3) is 11.6. The summed E-state index contributed by atoms with van der Waals surface area (Å²) in [6.07, 6.45) is 3.45. The molecule has 0 aromatic heterocycles. The van der Waals surface area contributed by atoms with E-state index in [0.717, 1.165) is 25.3 Å². The summed E-state index contributed by atoms with van der Waals surface area (Å²) >= 11 is 5.93. The van der Waals surface area contributed by atoms with Gasteiger partial charge in [-0.25, -0.2) is 0 Å². The van der Waals surface area contributed by atoms with Crippen molar-refractivity contribution in [2.75, 3.05) is 37.4 Å². The van der Waals surface area contributed by atoms with Gasteiger partial charge < -0.3 is 26.8 Å². The highest BCUT2D eigenvalue weighted by molar-refractivity contribution is 7.98. The summed E-state index contributed by atoms with van der Waals surface area (Å²) in [6, 6.07) is 10.2. The SMILES string of the molecule is CSCCC(NCC(Cc1ccccc1)NCC(NCC(N)CS)C(C)C)C(=O)O. The molecule has 0 aliphatic rings. The Morgan fingerprint density at radius 1 is 1.13 bits per heavy atom. The second kappa shape index (κ2) is 15.9. The van der Waals surface area contributed by atoms with E-state index in [1.165, 1.54) is 5.56 Å². The number of thioether (sulfide) groups is 1. The topological polar surface area (TPSA) is 99.4 Å². The zero-order chi connectivity index (χ0) is 22.4. The molecule has 6 N–H and O–H groups in total. The molecule has 0 aliphatic heterocycles. The summed E-state index contributed by atoms with van der Waals surface area (Å²) in [5.41, 5.74) is 7.24. The minimum atomic E-state index is -0.787. The Kier molecular flexibility index (Phi) is 14.5. The van der Waals surface area contributed by atoms with Crippen molar-refractivity contribution < 1.29 is 9.90 Å². The maximum atomic E-state index is 11.6. The van der Waals surface area contributed by atoms with E-state index in [2.05, 4.69) is 54.6 Å². The van der Waals surface area contributed by atoms with Crippen molar-refractivity contribution in [2.24, 2.45) is 11.7 Å². The standard InChI is InChI=1S/C22H40N4O2S2/c1-16(2)21(25-12-18(23)15-29)14-24-19(11-17-7-5-4-6-8-17)13-26-20(22(27)28)9-10-30-3/h4-8,16,18-21,24-26,29H,9-15,23H2,1-3H3,(H,27,28). The van der Waals surface area contributed by atoms with Crippen molar-refractivity contribution in [1.29, 1.82) is 0 Å². The summed E-state index contributed by atoms with van der Waals surface area (Å²) in [4.78, 5) is 11.6. The monoisotopic (exact) mass is 456 g/mol. The number of hydrogen-bond donors (Lipinski definition) is 6. The quantitative estimate of drug-likeness (QED) is 0.199. The van der Waals surface area contributed by atoms with Crippen LogP contribution in [0.5, 0.6) is 0 Å². The predicted octanol–water partition coefficient (Wildman–Crippen LogP) is 1.85. The largest absolute Gasteiger partial charge is 0.480 e. The number of carboxylic acids is 1. The summed E-state index contributed by atoms with van der Waals surface area (Å²) in [5.74, 6) is 1.14. The van der Waals surface area contributed by atoms with Crippen molar-refractivity contribution in [3.63, 3.8) is 0 Å². The molecule has 1 aromatic rings. The normalized spacial score (nSPS) is 15.7. The van der Waals surface area contributed by atoms with Gasteiger partial charge in [0.1, 0.15) is 6.04 Å². The highest BCUT2D eigenvalue weighted by Gasteiger charge is 2.20. The molecule has 0 amide bonds. The third-order valence-corrected chi connectivity index (χ3v) is 6.27. The molecule has 4 atom stereocenters. The number of rotatable bonds is 17. The molecule has 0 aliphatic carbocycles. The highest BCUT2D eigenvalue weighted by Crippen LogP contribution is 2.07. The summed E-state index contributed by atoms with van der Waals surface area (Å²) in [7, 11) is 0. The van der Waals surface area contributed by atoms with Crippen LogP contribution in [0.4, 0.5) is 0 Å². The van der Waals surface area contributed by atoms with Crippen LogP contribution in [0, 0.1) is 5.92 Å². The van der Waals surface area contributed by atoms with Gasteiger partial charge in [-0.15, -0.1) is 0 Å². The van der Waals surface area contributed by atoms with E-state index in [1.807, 2.05) is 24.5 Å². The van der Waals surface area contributed by atoms with Crippen LogP contribution in [0.2, 0.25) is 0 Å². The number of nitrogens with two attached hydrogens (primary N) is 1. The lowest BCUT2D eigenvalue weighted by Gasteiger charge is -2.28. The van der Waals surface area contributed by atoms with E-state index in [1.54, 1.807) is 11.8 Å². The molecular formula is C22H40N4O2S2. The number of thiol groups is 1. The smallest absolute Gasteiger partial charge is 0.320 e. The van der Waals surface area contributed by atoms with E-state index < -0.39 is 12.0 Å². The first-order chi connectivity index (χ1) is 14.4. The highest BCUT2D eigenvalue weighted by atomic mass is 32.2. The van der Waals surface area contributed by atoms with E-state index in [-0.39, 0.29) is 18.1 Å². The Morgan fingerprint density at radius 3 is 2.40 bits per heavy atom. The van der Waals surface area contributed by atoms with Crippen molar-refractivity contribution >= 4 is 30.4 Å². The first kappa shape index (κ1) is 27.3. The van der Waals surface area contributed by atoms with Gasteiger partial charge in [-0.3, -0.25) is 4.79 Å².